The fourth-order valence-electron chi connectivity index (χ4n) is 1.54. The highest BCUT2D eigenvalue weighted by Crippen LogP contribution is 2.21. The van der Waals surface area contributed by atoms with Gasteiger partial charge in [0.15, 0.2) is 0 Å². The zero-order chi connectivity index (χ0) is 8.81. The van der Waals surface area contributed by atoms with Crippen molar-refractivity contribution in [2.45, 2.75) is 12.5 Å². The van der Waals surface area contributed by atoms with Crippen LogP contribution < -0.4 is 0 Å². The molecule has 12 heavy (non-hydrogen) atoms. The predicted molar refractivity (Wildman–Crippen MR) is 51.5 cm³/mol. The van der Waals surface area contributed by atoms with Gasteiger partial charge in [-0.05, 0) is 12.2 Å². The Morgan fingerprint density at radius 3 is 2.33 bits per heavy atom. The Bertz CT molecular complexity index is 112. The second kappa shape index (κ2) is 5.80. The predicted octanol–water partition coefficient (Wildman–Crippen LogP) is -0.222. The summed E-state index contributed by atoms with van der Waals surface area (Å²) in [4.78, 5) is 2.18. The Balaban J connectivity index is 2.29. The summed E-state index contributed by atoms with van der Waals surface area (Å²) in [6.45, 7) is 1.79. The molecule has 0 amide bonds. The Hall–Kier alpha value is 0.230. The molecule has 72 valence electrons. The number of aliphatic hydroxyl groups excluding tert-OH is 2. The lowest BCUT2D eigenvalue weighted by molar-refractivity contribution is 0.131. The van der Waals surface area contributed by atoms with E-state index >= 15 is 0 Å². The van der Waals surface area contributed by atoms with E-state index in [1.54, 1.807) is 0 Å². The van der Waals surface area contributed by atoms with Crippen LogP contribution in [0.1, 0.15) is 6.42 Å². The largest absolute Gasteiger partial charge is 0.395 e. The van der Waals surface area contributed by atoms with E-state index in [0.29, 0.717) is 19.1 Å². The normalized spacial score (nSPS) is 23.8. The van der Waals surface area contributed by atoms with Crippen LogP contribution >= 0.6 is 11.8 Å². The SMILES string of the molecule is OCCN(CCO)[C@H]1CCSC1. The van der Waals surface area contributed by atoms with Crippen molar-refractivity contribution in [2.75, 3.05) is 37.8 Å². The molecule has 0 radical (unpaired) electrons. The monoisotopic (exact) mass is 191 g/mol. The molecule has 1 heterocycles. The van der Waals surface area contributed by atoms with Crippen LogP contribution in [0.5, 0.6) is 0 Å². The molecule has 0 saturated carbocycles. The van der Waals surface area contributed by atoms with Crippen LogP contribution in [-0.2, 0) is 0 Å². The number of rotatable bonds is 5. The van der Waals surface area contributed by atoms with E-state index in [1.807, 2.05) is 11.8 Å². The molecule has 0 aliphatic carbocycles. The lowest BCUT2D eigenvalue weighted by atomic mass is 10.2. The molecule has 0 aromatic rings. The summed E-state index contributed by atoms with van der Waals surface area (Å²) in [6.07, 6.45) is 1.20. The molecule has 0 unspecified atom stereocenters. The van der Waals surface area contributed by atoms with Crippen molar-refractivity contribution >= 4 is 11.8 Å². The number of nitrogens with zero attached hydrogens (tertiary/aromatic N) is 1. The van der Waals surface area contributed by atoms with Crippen molar-refractivity contribution in [3.05, 3.63) is 0 Å². The van der Waals surface area contributed by atoms with Gasteiger partial charge in [-0.25, -0.2) is 0 Å². The standard InChI is InChI=1S/C8H17NO2S/c10-4-2-9(3-5-11)8-1-6-12-7-8/h8,10-11H,1-7H2/t8-/m0/s1. The van der Waals surface area contributed by atoms with Crippen molar-refractivity contribution < 1.29 is 10.2 Å². The first-order valence-electron chi connectivity index (χ1n) is 4.42. The molecule has 1 fully saturated rings. The van der Waals surface area contributed by atoms with Crippen LogP contribution in [0, 0.1) is 0 Å². The van der Waals surface area contributed by atoms with E-state index in [0.717, 1.165) is 5.75 Å². The summed E-state index contributed by atoms with van der Waals surface area (Å²) in [5.74, 6) is 2.37. The number of aliphatic hydroxyl groups is 2. The zero-order valence-electron chi connectivity index (χ0n) is 7.28. The highest BCUT2D eigenvalue weighted by Gasteiger charge is 2.21. The maximum absolute atomic E-state index is 8.79. The molecule has 2 N–H and O–H groups in total. The first-order chi connectivity index (χ1) is 5.88. The van der Waals surface area contributed by atoms with Crippen molar-refractivity contribution in [2.24, 2.45) is 0 Å². The third-order valence-corrected chi connectivity index (χ3v) is 3.34. The highest BCUT2D eigenvalue weighted by atomic mass is 32.2. The summed E-state index contributed by atoms with van der Waals surface area (Å²) in [5, 5.41) is 17.6. The third kappa shape index (κ3) is 2.94. The fourth-order valence-corrected chi connectivity index (χ4v) is 2.80. The summed E-state index contributed by atoms with van der Waals surface area (Å²) in [6, 6.07) is 0.578. The maximum Gasteiger partial charge on any atom is 0.0558 e. The third-order valence-electron chi connectivity index (χ3n) is 2.20. The second-order valence-corrected chi connectivity index (χ2v) is 4.15. The van der Waals surface area contributed by atoms with Crippen LogP contribution in [0.2, 0.25) is 0 Å². The number of thioether (sulfide) groups is 1. The van der Waals surface area contributed by atoms with E-state index in [-0.39, 0.29) is 13.2 Å². The Labute approximate surface area is 77.8 Å². The van der Waals surface area contributed by atoms with Crippen molar-refractivity contribution in [3.8, 4) is 0 Å². The molecule has 4 heteroatoms. The van der Waals surface area contributed by atoms with Gasteiger partial charge >= 0.3 is 0 Å². The van der Waals surface area contributed by atoms with Crippen LogP contribution in [0.4, 0.5) is 0 Å². The Kier molecular flexibility index (Phi) is 4.99. The fraction of sp³-hybridized carbons (Fsp3) is 1.00. The lowest BCUT2D eigenvalue weighted by Crippen LogP contribution is -2.39. The van der Waals surface area contributed by atoms with Crippen molar-refractivity contribution in [1.29, 1.82) is 0 Å². The second-order valence-electron chi connectivity index (χ2n) is 3.00. The lowest BCUT2D eigenvalue weighted by Gasteiger charge is -2.26. The molecule has 0 spiro atoms. The van der Waals surface area contributed by atoms with Gasteiger partial charge in [0.2, 0.25) is 0 Å². The van der Waals surface area contributed by atoms with Gasteiger partial charge in [0.25, 0.3) is 0 Å². The van der Waals surface area contributed by atoms with Gasteiger partial charge in [-0.3, -0.25) is 4.90 Å². The molecule has 1 rings (SSSR count). The molecule has 3 nitrogen and oxygen atoms in total. The van der Waals surface area contributed by atoms with E-state index in [1.165, 1.54) is 12.2 Å². The molecular weight excluding hydrogens is 174 g/mol. The molecule has 1 atom stereocenters. The smallest absolute Gasteiger partial charge is 0.0558 e. The van der Waals surface area contributed by atoms with E-state index in [4.69, 9.17) is 10.2 Å². The summed E-state index contributed by atoms with van der Waals surface area (Å²) < 4.78 is 0. The summed E-state index contributed by atoms with van der Waals surface area (Å²) in [7, 11) is 0. The molecule has 1 saturated heterocycles. The minimum atomic E-state index is 0.196. The van der Waals surface area contributed by atoms with Crippen LogP contribution in [0.15, 0.2) is 0 Å². The molecule has 0 aromatic carbocycles. The van der Waals surface area contributed by atoms with E-state index in [2.05, 4.69) is 4.90 Å². The van der Waals surface area contributed by atoms with Gasteiger partial charge < -0.3 is 10.2 Å². The number of hydrogen-bond acceptors (Lipinski definition) is 4. The van der Waals surface area contributed by atoms with Gasteiger partial charge in [0, 0.05) is 24.9 Å². The van der Waals surface area contributed by atoms with E-state index in [9.17, 15) is 0 Å². The Morgan fingerprint density at radius 2 is 1.92 bits per heavy atom. The Morgan fingerprint density at radius 1 is 1.25 bits per heavy atom. The average molecular weight is 191 g/mol. The average Bonchev–Trinajstić information content (AvgIpc) is 2.56. The topological polar surface area (TPSA) is 43.7 Å². The van der Waals surface area contributed by atoms with Crippen molar-refractivity contribution in [3.63, 3.8) is 0 Å². The van der Waals surface area contributed by atoms with Crippen LogP contribution in [0.3, 0.4) is 0 Å². The van der Waals surface area contributed by atoms with Gasteiger partial charge in [-0.2, -0.15) is 11.8 Å². The van der Waals surface area contributed by atoms with Crippen LogP contribution in [0.25, 0.3) is 0 Å². The molecular formula is C8H17NO2S. The maximum atomic E-state index is 8.79. The molecule has 1 aliphatic heterocycles. The minimum Gasteiger partial charge on any atom is -0.395 e. The molecule has 0 aromatic heterocycles. The molecule has 1 aliphatic rings. The highest BCUT2D eigenvalue weighted by molar-refractivity contribution is 7.99. The van der Waals surface area contributed by atoms with E-state index < -0.39 is 0 Å². The first kappa shape index (κ1) is 10.3. The van der Waals surface area contributed by atoms with Crippen molar-refractivity contribution in [1.82, 2.24) is 4.90 Å². The zero-order valence-corrected chi connectivity index (χ0v) is 8.09. The van der Waals surface area contributed by atoms with Gasteiger partial charge in [-0.1, -0.05) is 0 Å². The minimum absolute atomic E-state index is 0.196. The summed E-state index contributed by atoms with van der Waals surface area (Å²) in [5.41, 5.74) is 0. The van der Waals surface area contributed by atoms with Gasteiger partial charge in [0.05, 0.1) is 13.2 Å². The molecule has 0 bridgehead atoms. The summed E-state index contributed by atoms with van der Waals surface area (Å²) >= 11 is 1.96. The van der Waals surface area contributed by atoms with Crippen LogP contribution in [-0.4, -0.2) is 59.0 Å². The van der Waals surface area contributed by atoms with Gasteiger partial charge in [-0.15, -0.1) is 0 Å². The first-order valence-corrected chi connectivity index (χ1v) is 5.57. The quantitative estimate of drug-likeness (QED) is 0.630. The van der Waals surface area contributed by atoms with Gasteiger partial charge in [0.1, 0.15) is 0 Å². The number of hydrogen-bond donors (Lipinski definition) is 2.